The van der Waals surface area contributed by atoms with Gasteiger partial charge in [-0.3, -0.25) is 10.1 Å². The maximum Gasteiger partial charge on any atom is 0.244 e. The van der Waals surface area contributed by atoms with Gasteiger partial charge < -0.3 is 34.1 Å². The van der Waals surface area contributed by atoms with Crippen molar-refractivity contribution < 1.29 is 33.6 Å². The van der Waals surface area contributed by atoms with Gasteiger partial charge in [-0.05, 0) is 34.7 Å². The van der Waals surface area contributed by atoms with Crippen LogP contribution in [0.1, 0.15) is 47.0 Å². The number of carbonyl (C=O) groups excluding carboxylic acids is 1. The van der Waals surface area contributed by atoms with Crippen LogP contribution in [0.25, 0.3) is 0 Å². The zero-order valence-electron chi connectivity index (χ0n) is 20.9. The number of aliphatic hydroxyl groups is 1. The number of epoxide rings is 1. The van der Waals surface area contributed by atoms with Crippen LogP contribution >= 0.6 is 0 Å². The average molecular weight is 481 g/mol. The van der Waals surface area contributed by atoms with E-state index in [-0.39, 0.29) is 35.5 Å². The number of rotatable bonds is 10. The van der Waals surface area contributed by atoms with Crippen LogP contribution in [0.5, 0.6) is 0 Å². The predicted octanol–water partition coefficient (Wildman–Crippen LogP) is 1.92. The van der Waals surface area contributed by atoms with E-state index in [4.69, 9.17) is 23.7 Å². The smallest absolute Gasteiger partial charge is 0.244 e. The molecule has 3 N–H and O–H groups in total. The first kappa shape index (κ1) is 27.0. The van der Waals surface area contributed by atoms with Crippen LogP contribution in [-0.4, -0.2) is 80.0 Å². The largest absolute Gasteiger partial charge is 0.369 e. The summed E-state index contributed by atoms with van der Waals surface area (Å²) in [7, 11) is 1.57. The van der Waals surface area contributed by atoms with Crippen LogP contribution < -0.4 is 10.6 Å². The molecule has 4 atom stereocenters. The number of aliphatic hydroxyl groups excluding tert-OH is 1. The van der Waals surface area contributed by atoms with Gasteiger partial charge in [-0.25, -0.2) is 0 Å². The van der Waals surface area contributed by atoms with Crippen molar-refractivity contribution >= 4 is 5.91 Å². The Kier molecular flexibility index (Phi) is 9.45. The molecule has 3 aliphatic rings. The minimum atomic E-state index is -1.08. The lowest BCUT2D eigenvalue weighted by Gasteiger charge is -2.38. The number of allylic oxidation sites excluding steroid dienone is 2. The normalized spacial score (nSPS) is 33.4. The van der Waals surface area contributed by atoms with Crippen molar-refractivity contribution in [2.24, 2.45) is 0 Å². The summed E-state index contributed by atoms with van der Waals surface area (Å²) in [5.74, 6) is -0.266. The molecule has 0 aromatic rings. The molecule has 0 aromatic carbocycles. The van der Waals surface area contributed by atoms with Crippen LogP contribution in [-0.2, 0) is 28.5 Å². The summed E-state index contributed by atoms with van der Waals surface area (Å²) in [6.07, 6.45) is 9.93. The Morgan fingerprint density at radius 3 is 2.62 bits per heavy atom. The van der Waals surface area contributed by atoms with Crippen molar-refractivity contribution in [3.8, 4) is 0 Å². The van der Waals surface area contributed by atoms with Crippen molar-refractivity contribution in [2.45, 2.75) is 89.1 Å². The molecule has 3 saturated heterocycles. The summed E-state index contributed by atoms with van der Waals surface area (Å²) < 4.78 is 28.6. The summed E-state index contributed by atoms with van der Waals surface area (Å²) in [5.41, 5.74) is 0.958. The molecule has 0 saturated carbocycles. The fraction of sp³-hybridized carbons (Fsp3) is 0.720. The highest BCUT2D eigenvalue weighted by Gasteiger charge is 2.53. The van der Waals surface area contributed by atoms with E-state index in [0.717, 1.165) is 25.0 Å². The predicted molar refractivity (Wildman–Crippen MR) is 127 cm³/mol. The first-order valence-corrected chi connectivity index (χ1v) is 12.0. The number of carbonyl (C=O) groups is 1. The second-order valence-corrected chi connectivity index (χ2v) is 9.95. The van der Waals surface area contributed by atoms with Gasteiger partial charge in [0.1, 0.15) is 0 Å². The minimum Gasteiger partial charge on any atom is -0.369 e. The summed E-state index contributed by atoms with van der Waals surface area (Å²) >= 11 is 0. The van der Waals surface area contributed by atoms with Gasteiger partial charge in [0.05, 0.1) is 49.3 Å². The number of hydrogen-bond acceptors (Lipinski definition) is 8. The molecule has 1 amide bonds. The summed E-state index contributed by atoms with van der Waals surface area (Å²) in [4.78, 5) is 12.1. The second-order valence-electron chi connectivity index (χ2n) is 9.95. The molecule has 192 valence electrons. The third-order valence-electron chi connectivity index (χ3n) is 5.97. The highest BCUT2D eigenvalue weighted by Crippen LogP contribution is 2.46. The average Bonchev–Trinajstić information content (AvgIpc) is 3.51. The Morgan fingerprint density at radius 2 is 1.97 bits per heavy atom. The Hall–Kier alpha value is -1.59. The first-order chi connectivity index (χ1) is 16.1. The van der Waals surface area contributed by atoms with Crippen LogP contribution in [0.4, 0.5) is 0 Å². The molecule has 0 bridgehead atoms. The van der Waals surface area contributed by atoms with Gasteiger partial charge in [-0.2, -0.15) is 0 Å². The molecule has 0 aliphatic carbocycles. The van der Waals surface area contributed by atoms with Gasteiger partial charge in [0.15, 0.2) is 6.29 Å². The number of amides is 1. The van der Waals surface area contributed by atoms with Gasteiger partial charge in [0.25, 0.3) is 0 Å². The molecule has 3 fully saturated rings. The Labute approximate surface area is 202 Å². The highest BCUT2D eigenvalue weighted by atomic mass is 16.7. The lowest BCUT2D eigenvalue weighted by molar-refractivity contribution is -0.187. The van der Waals surface area contributed by atoms with Gasteiger partial charge in [-0.15, -0.1) is 0 Å². The first-order valence-electron chi connectivity index (χ1n) is 12.0. The third-order valence-corrected chi connectivity index (χ3v) is 5.97. The van der Waals surface area contributed by atoms with Crippen molar-refractivity contribution in [2.75, 3.05) is 26.9 Å². The Morgan fingerprint density at radius 1 is 1.26 bits per heavy atom. The van der Waals surface area contributed by atoms with Crippen LogP contribution in [0, 0.1) is 0 Å². The third kappa shape index (κ3) is 8.88. The molecule has 34 heavy (non-hydrogen) atoms. The topological polar surface area (TPSA) is 111 Å². The quantitative estimate of drug-likeness (QED) is 0.188. The standard InChI is InChI=1S/C25H40N2O7/c1-17(6-9-20-12-25(16-32-25)15-24(3,4)34-20)7-11-22-30-13-19(14-31-22)27-21(28)10-8-18(2)33-23(29)26-5/h6-10,18-20,22-23,26,29H,11-16H2,1-5H3,(H,27,28). The lowest BCUT2D eigenvalue weighted by atomic mass is 9.85. The number of hydrogen-bond donors (Lipinski definition) is 3. The molecule has 0 radical (unpaired) electrons. The molecule has 1 spiro atoms. The van der Waals surface area contributed by atoms with Crippen LogP contribution in [0.2, 0.25) is 0 Å². The van der Waals surface area contributed by atoms with E-state index in [1.165, 1.54) is 6.08 Å². The highest BCUT2D eigenvalue weighted by molar-refractivity contribution is 5.87. The summed E-state index contributed by atoms with van der Waals surface area (Å²) in [6, 6.07) is -0.221. The van der Waals surface area contributed by atoms with Crippen molar-refractivity contribution in [1.82, 2.24) is 10.6 Å². The maximum absolute atomic E-state index is 12.1. The molecule has 3 heterocycles. The van der Waals surface area contributed by atoms with Gasteiger partial charge in [-0.1, -0.05) is 29.9 Å². The van der Waals surface area contributed by atoms with Gasteiger partial charge in [0.2, 0.25) is 12.3 Å². The lowest BCUT2D eigenvalue weighted by Crippen LogP contribution is -2.46. The van der Waals surface area contributed by atoms with E-state index in [0.29, 0.717) is 19.6 Å². The number of nitrogens with one attached hydrogen (secondary N) is 2. The van der Waals surface area contributed by atoms with Gasteiger partial charge in [0, 0.05) is 25.3 Å². The fourth-order valence-corrected chi connectivity index (χ4v) is 4.30. The van der Waals surface area contributed by atoms with E-state index in [1.807, 2.05) is 6.92 Å². The molecule has 4 unspecified atom stereocenters. The van der Waals surface area contributed by atoms with Crippen molar-refractivity contribution in [3.63, 3.8) is 0 Å². The molecule has 9 nitrogen and oxygen atoms in total. The zero-order valence-corrected chi connectivity index (χ0v) is 20.9. The van der Waals surface area contributed by atoms with Crippen molar-refractivity contribution in [1.29, 1.82) is 0 Å². The Balaban J connectivity index is 1.35. The summed E-state index contributed by atoms with van der Waals surface area (Å²) in [5, 5.41) is 14.8. The molecular formula is C25H40N2O7. The summed E-state index contributed by atoms with van der Waals surface area (Å²) in [6.45, 7) is 9.61. The van der Waals surface area contributed by atoms with E-state index in [9.17, 15) is 9.90 Å². The van der Waals surface area contributed by atoms with E-state index >= 15 is 0 Å². The fourth-order valence-electron chi connectivity index (χ4n) is 4.30. The van der Waals surface area contributed by atoms with Crippen molar-refractivity contribution in [3.05, 3.63) is 36.0 Å². The number of ether oxygens (including phenoxy) is 5. The molecule has 3 rings (SSSR count). The van der Waals surface area contributed by atoms with Gasteiger partial charge >= 0.3 is 0 Å². The molecule has 9 heteroatoms. The second kappa shape index (κ2) is 11.9. The maximum atomic E-state index is 12.1. The molecule has 0 aromatic heterocycles. The van der Waals surface area contributed by atoms with E-state index < -0.39 is 12.5 Å². The molecular weight excluding hydrogens is 440 g/mol. The zero-order chi connectivity index (χ0) is 24.8. The van der Waals surface area contributed by atoms with Crippen LogP contribution in [0.3, 0.4) is 0 Å². The Bertz CT molecular complexity index is 761. The van der Waals surface area contributed by atoms with E-state index in [2.05, 4.69) is 42.7 Å². The van der Waals surface area contributed by atoms with Crippen LogP contribution in [0.15, 0.2) is 36.0 Å². The minimum absolute atomic E-state index is 0.0148. The monoisotopic (exact) mass is 480 g/mol. The SMILES string of the molecule is CNC(O)OC(C)C=CC(=O)NC1COC(CC=C(C)C=CC2CC3(CO3)CC(C)(C)O2)OC1. The molecule has 3 aliphatic heterocycles. The van der Waals surface area contributed by atoms with E-state index in [1.54, 1.807) is 20.0 Å².